The summed E-state index contributed by atoms with van der Waals surface area (Å²) in [6.07, 6.45) is 3.39. The average molecular weight is 223 g/mol. The number of amides is 1. The van der Waals surface area contributed by atoms with E-state index in [9.17, 15) is 9.59 Å². The summed E-state index contributed by atoms with van der Waals surface area (Å²) in [5.74, 6) is -0.142. The summed E-state index contributed by atoms with van der Waals surface area (Å²) in [7, 11) is 0. The first kappa shape index (κ1) is 10.4. The van der Waals surface area contributed by atoms with E-state index in [1.807, 2.05) is 6.07 Å². The highest BCUT2D eigenvalue weighted by Crippen LogP contribution is 2.30. The second-order valence-electron chi connectivity index (χ2n) is 3.80. The van der Waals surface area contributed by atoms with E-state index in [-0.39, 0.29) is 18.2 Å². The molecular formula is C11H13NO2S. The van der Waals surface area contributed by atoms with Crippen LogP contribution in [-0.4, -0.2) is 18.2 Å². The third kappa shape index (κ3) is 2.26. The molecule has 1 aliphatic carbocycles. The molecule has 3 nitrogen and oxygen atoms in total. The van der Waals surface area contributed by atoms with Gasteiger partial charge in [0, 0.05) is 4.88 Å². The van der Waals surface area contributed by atoms with Crippen LogP contribution in [0.5, 0.6) is 0 Å². The molecule has 15 heavy (non-hydrogen) atoms. The Hall–Kier alpha value is -1.16. The first-order valence-corrected chi connectivity index (χ1v) is 5.87. The molecule has 1 aliphatic rings. The number of carbonyl (C=O) groups excluding carboxylic acids is 2. The maximum Gasteiger partial charge on any atom is 0.261 e. The number of aryl methyl sites for hydroxylation is 2. The van der Waals surface area contributed by atoms with Gasteiger partial charge in [0.1, 0.15) is 5.78 Å². The molecule has 1 aromatic rings. The lowest BCUT2D eigenvalue weighted by molar-refractivity contribution is -0.116. The minimum Gasteiger partial charge on any atom is -0.344 e. The summed E-state index contributed by atoms with van der Waals surface area (Å²) in [6, 6.07) is 1.96. The van der Waals surface area contributed by atoms with Gasteiger partial charge < -0.3 is 5.32 Å². The molecule has 0 aliphatic heterocycles. The van der Waals surface area contributed by atoms with E-state index in [4.69, 9.17) is 0 Å². The Balaban J connectivity index is 2.03. The van der Waals surface area contributed by atoms with Crippen LogP contribution in [0.15, 0.2) is 6.07 Å². The molecule has 0 bridgehead atoms. The zero-order chi connectivity index (χ0) is 10.8. The molecule has 1 amide bonds. The fraction of sp³-hybridized carbons (Fsp3) is 0.455. The normalized spacial score (nSPS) is 13.7. The molecule has 2 rings (SSSR count). The predicted octanol–water partition coefficient (Wildman–Crippen LogP) is 1.56. The Bertz CT molecular complexity index is 387. The monoisotopic (exact) mass is 223 g/mol. The second-order valence-corrected chi connectivity index (χ2v) is 4.93. The maximum absolute atomic E-state index is 11.6. The van der Waals surface area contributed by atoms with Crippen molar-refractivity contribution in [2.45, 2.75) is 26.2 Å². The third-order valence-electron chi connectivity index (χ3n) is 2.47. The zero-order valence-electron chi connectivity index (χ0n) is 8.63. The zero-order valence-corrected chi connectivity index (χ0v) is 9.45. The van der Waals surface area contributed by atoms with Gasteiger partial charge in [0.25, 0.3) is 5.91 Å². The fourth-order valence-corrected chi connectivity index (χ4v) is 2.90. The summed E-state index contributed by atoms with van der Waals surface area (Å²) >= 11 is 1.56. The van der Waals surface area contributed by atoms with E-state index in [0.29, 0.717) is 0 Å². The number of fused-ring (bicyclic) bond motifs is 1. The van der Waals surface area contributed by atoms with Crippen molar-refractivity contribution >= 4 is 23.0 Å². The molecule has 0 unspecified atom stereocenters. The number of Topliss-reactive ketones (excluding diaryl/α,β-unsaturated/α-hetero) is 1. The van der Waals surface area contributed by atoms with Gasteiger partial charge in [0.2, 0.25) is 0 Å². The molecule has 0 aromatic carbocycles. The van der Waals surface area contributed by atoms with Crippen molar-refractivity contribution in [3.05, 3.63) is 21.4 Å². The SMILES string of the molecule is CC(=O)CNC(=O)c1cc2c(s1)CCC2. The number of hydrogen-bond acceptors (Lipinski definition) is 3. The van der Waals surface area contributed by atoms with Crippen molar-refractivity contribution in [3.8, 4) is 0 Å². The van der Waals surface area contributed by atoms with E-state index in [1.165, 1.54) is 23.8 Å². The lowest BCUT2D eigenvalue weighted by Crippen LogP contribution is -2.27. The summed E-state index contributed by atoms with van der Waals surface area (Å²) in [5, 5.41) is 2.61. The van der Waals surface area contributed by atoms with Gasteiger partial charge in [-0.1, -0.05) is 0 Å². The molecule has 0 radical (unpaired) electrons. The largest absolute Gasteiger partial charge is 0.344 e. The topological polar surface area (TPSA) is 46.2 Å². The van der Waals surface area contributed by atoms with Crippen molar-refractivity contribution in [2.75, 3.05) is 6.54 Å². The lowest BCUT2D eigenvalue weighted by atomic mass is 10.2. The Kier molecular flexibility index (Phi) is 2.86. The van der Waals surface area contributed by atoms with Gasteiger partial charge >= 0.3 is 0 Å². The third-order valence-corrected chi connectivity index (χ3v) is 3.70. The molecule has 4 heteroatoms. The standard InChI is InChI=1S/C11H13NO2S/c1-7(13)6-12-11(14)10-5-8-3-2-4-9(8)15-10/h5H,2-4,6H2,1H3,(H,12,14). The van der Waals surface area contributed by atoms with Crippen LogP contribution in [0.1, 0.15) is 33.5 Å². The van der Waals surface area contributed by atoms with E-state index in [0.717, 1.165) is 17.7 Å². The smallest absolute Gasteiger partial charge is 0.261 e. The first-order valence-electron chi connectivity index (χ1n) is 5.06. The number of rotatable bonds is 3. The van der Waals surface area contributed by atoms with Gasteiger partial charge in [-0.15, -0.1) is 11.3 Å². The first-order chi connectivity index (χ1) is 7.16. The number of ketones is 1. The van der Waals surface area contributed by atoms with Gasteiger partial charge in [-0.3, -0.25) is 9.59 Å². The van der Waals surface area contributed by atoms with Crippen molar-refractivity contribution in [1.82, 2.24) is 5.32 Å². The van der Waals surface area contributed by atoms with E-state index < -0.39 is 0 Å². The molecule has 1 N–H and O–H groups in total. The van der Waals surface area contributed by atoms with Crippen LogP contribution >= 0.6 is 11.3 Å². The van der Waals surface area contributed by atoms with Crippen LogP contribution in [-0.2, 0) is 17.6 Å². The molecular weight excluding hydrogens is 210 g/mol. The number of carbonyl (C=O) groups is 2. The van der Waals surface area contributed by atoms with Gasteiger partial charge in [0.05, 0.1) is 11.4 Å². The van der Waals surface area contributed by atoms with E-state index >= 15 is 0 Å². The van der Waals surface area contributed by atoms with Crippen molar-refractivity contribution in [2.24, 2.45) is 0 Å². The summed E-state index contributed by atoms with van der Waals surface area (Å²) in [4.78, 5) is 24.4. The minimum absolute atomic E-state index is 0.0209. The second kappa shape index (κ2) is 4.14. The van der Waals surface area contributed by atoms with E-state index in [2.05, 4.69) is 5.32 Å². The Morgan fingerprint density at radius 1 is 1.47 bits per heavy atom. The highest BCUT2D eigenvalue weighted by Gasteiger charge is 2.18. The van der Waals surface area contributed by atoms with Crippen molar-refractivity contribution in [1.29, 1.82) is 0 Å². The average Bonchev–Trinajstić information content (AvgIpc) is 2.72. The molecule has 0 saturated carbocycles. The molecule has 0 saturated heterocycles. The molecule has 1 aromatic heterocycles. The van der Waals surface area contributed by atoms with Crippen LogP contribution < -0.4 is 5.32 Å². The van der Waals surface area contributed by atoms with Gasteiger partial charge in [0.15, 0.2) is 0 Å². The molecule has 80 valence electrons. The lowest BCUT2D eigenvalue weighted by Gasteiger charge is -1.99. The summed E-state index contributed by atoms with van der Waals surface area (Å²) in [5.41, 5.74) is 1.31. The van der Waals surface area contributed by atoms with Gasteiger partial charge in [-0.05, 0) is 37.8 Å². The molecule has 0 spiro atoms. The molecule has 0 atom stereocenters. The minimum atomic E-state index is -0.121. The number of thiophene rings is 1. The van der Waals surface area contributed by atoms with Crippen LogP contribution in [0.3, 0.4) is 0 Å². The highest BCUT2D eigenvalue weighted by molar-refractivity contribution is 7.14. The van der Waals surface area contributed by atoms with Gasteiger partial charge in [-0.25, -0.2) is 0 Å². The van der Waals surface area contributed by atoms with Crippen LogP contribution in [0, 0.1) is 0 Å². The molecule has 0 fully saturated rings. The van der Waals surface area contributed by atoms with Crippen LogP contribution in [0.4, 0.5) is 0 Å². The number of nitrogens with one attached hydrogen (secondary N) is 1. The van der Waals surface area contributed by atoms with Crippen molar-refractivity contribution < 1.29 is 9.59 Å². The quantitative estimate of drug-likeness (QED) is 0.845. The number of hydrogen-bond donors (Lipinski definition) is 1. The maximum atomic E-state index is 11.6. The van der Waals surface area contributed by atoms with Crippen molar-refractivity contribution in [3.63, 3.8) is 0 Å². The Morgan fingerprint density at radius 2 is 2.27 bits per heavy atom. The fourth-order valence-electron chi connectivity index (χ4n) is 1.73. The molecule has 1 heterocycles. The van der Waals surface area contributed by atoms with Crippen LogP contribution in [0.2, 0.25) is 0 Å². The Labute approximate surface area is 92.5 Å². The van der Waals surface area contributed by atoms with E-state index in [1.54, 1.807) is 11.3 Å². The van der Waals surface area contributed by atoms with Crippen LogP contribution in [0.25, 0.3) is 0 Å². The highest BCUT2D eigenvalue weighted by atomic mass is 32.1. The van der Waals surface area contributed by atoms with Gasteiger partial charge in [-0.2, -0.15) is 0 Å². The summed E-state index contributed by atoms with van der Waals surface area (Å²) < 4.78 is 0. The summed E-state index contributed by atoms with van der Waals surface area (Å²) in [6.45, 7) is 1.59. The Morgan fingerprint density at radius 3 is 2.93 bits per heavy atom. The predicted molar refractivity (Wildman–Crippen MR) is 59.4 cm³/mol.